The van der Waals surface area contributed by atoms with Crippen LogP contribution in [0, 0.1) is 31.6 Å². The number of thiazole rings is 1. The largest absolute Gasteiger partial charge is 0.391 e. The Kier molecular flexibility index (Phi) is 17.5. The van der Waals surface area contributed by atoms with Crippen LogP contribution in [0.4, 0.5) is 5.00 Å². The highest BCUT2D eigenvalue weighted by Crippen LogP contribution is 2.39. The first-order valence-corrected chi connectivity index (χ1v) is 24.7. The summed E-state index contributed by atoms with van der Waals surface area (Å²) < 4.78 is 13.0. The Balaban J connectivity index is 0.931. The van der Waals surface area contributed by atoms with Gasteiger partial charge in [-0.3, -0.25) is 24.2 Å². The van der Waals surface area contributed by atoms with E-state index in [1.54, 1.807) is 35.0 Å². The average Bonchev–Trinajstić information content (AvgIpc) is 3.96. The van der Waals surface area contributed by atoms with E-state index in [0.29, 0.717) is 29.6 Å². The second kappa shape index (κ2) is 22.8. The van der Waals surface area contributed by atoms with E-state index in [4.69, 9.17) is 37.2 Å². The number of aliphatic hydroxyl groups excluding tert-OH is 1. The molecule has 4 amide bonds. The minimum Gasteiger partial charge on any atom is -0.391 e. The highest BCUT2D eigenvalue weighted by Gasteiger charge is 2.45. The number of hydrogen-bond donors (Lipinski definition) is 6. The van der Waals surface area contributed by atoms with Crippen LogP contribution in [-0.4, -0.2) is 124 Å². The molecule has 6 rings (SSSR count). The van der Waals surface area contributed by atoms with Crippen LogP contribution in [0.25, 0.3) is 10.4 Å². The van der Waals surface area contributed by atoms with Crippen molar-refractivity contribution in [3.05, 3.63) is 91.9 Å². The number of aromatic nitrogens is 1. The number of aliphatic imine (C=N–C) groups is 1. The van der Waals surface area contributed by atoms with E-state index in [1.165, 1.54) is 16.2 Å². The Morgan fingerprint density at radius 3 is 2.32 bits per heavy atom. The van der Waals surface area contributed by atoms with Crippen LogP contribution >= 0.6 is 34.3 Å². The van der Waals surface area contributed by atoms with E-state index in [9.17, 15) is 24.3 Å². The van der Waals surface area contributed by atoms with Crippen molar-refractivity contribution in [3.63, 3.8) is 0 Å². The summed E-state index contributed by atoms with van der Waals surface area (Å²) in [6, 6.07) is 12.1. The van der Waals surface area contributed by atoms with Gasteiger partial charge in [-0.2, -0.15) is 9.98 Å². The number of carbonyl (C=O) groups is 4. The molecule has 2 aromatic carbocycles. The number of rotatable bonds is 18. The molecule has 2 aliphatic rings. The van der Waals surface area contributed by atoms with Crippen LogP contribution in [0.1, 0.15) is 92.7 Å². The molecule has 0 saturated carbocycles. The number of benzene rings is 2. The zero-order chi connectivity index (χ0) is 49.4. The van der Waals surface area contributed by atoms with Crippen LogP contribution < -0.4 is 21.7 Å². The smallest absolute Gasteiger partial charge is 0.260 e. The Morgan fingerprint density at radius 1 is 1.00 bits per heavy atom. The molecule has 4 heterocycles. The van der Waals surface area contributed by atoms with Crippen molar-refractivity contribution in [1.82, 2.24) is 25.8 Å². The second-order valence-corrected chi connectivity index (χ2v) is 20.8. The maximum atomic E-state index is 14.1. The molecule has 19 heteroatoms. The van der Waals surface area contributed by atoms with Gasteiger partial charge < -0.3 is 41.2 Å². The maximum Gasteiger partial charge on any atom is 0.260 e. The summed E-state index contributed by atoms with van der Waals surface area (Å²) in [7, 11) is 0. The topological polar surface area (TPSA) is 224 Å². The zero-order valence-electron chi connectivity index (χ0n) is 39.9. The van der Waals surface area contributed by atoms with E-state index in [1.807, 2.05) is 90.4 Å². The molecule has 0 aliphatic carbocycles. The Labute approximate surface area is 410 Å². The molecule has 2 aliphatic heterocycles. The van der Waals surface area contributed by atoms with Crippen LogP contribution in [0.2, 0.25) is 5.02 Å². The molecule has 2 aromatic heterocycles. The molecule has 1 saturated heterocycles. The summed E-state index contributed by atoms with van der Waals surface area (Å²) in [6.45, 7) is 15.7. The van der Waals surface area contributed by atoms with Crippen LogP contribution in [0.3, 0.4) is 0 Å². The van der Waals surface area contributed by atoms with Gasteiger partial charge in [-0.15, -0.1) is 22.7 Å². The number of aliphatic hydroxyl groups is 1. The molecule has 68 heavy (non-hydrogen) atoms. The predicted molar refractivity (Wildman–Crippen MR) is 267 cm³/mol. The number of β-amino-alcohol motifs (C(OH)–C–C–N with tert-alkyl or cyclic N) is 1. The van der Waals surface area contributed by atoms with Gasteiger partial charge in [0.15, 0.2) is 10.8 Å². The normalized spacial score (nSPS) is 18.9. The van der Waals surface area contributed by atoms with Crippen molar-refractivity contribution >= 4 is 80.3 Å². The minimum atomic E-state index is -0.993. The molecule has 364 valence electrons. The number of fused-ring (bicyclic) bond motifs is 1. The van der Waals surface area contributed by atoms with E-state index < -0.39 is 41.5 Å². The van der Waals surface area contributed by atoms with Crippen molar-refractivity contribution in [2.45, 2.75) is 105 Å². The molecule has 0 bridgehead atoms. The molecular formula is C49H63ClN9O7S2+. The van der Waals surface area contributed by atoms with E-state index >= 15 is 0 Å². The molecule has 1 fully saturated rings. The fraction of sp³-hybridized carbons (Fsp3) is 0.469. The highest BCUT2D eigenvalue weighted by molar-refractivity contribution is 7.16. The number of aryl methyl sites for hydroxylation is 2. The molecule has 5 atom stereocenters. The van der Waals surface area contributed by atoms with Crippen LogP contribution in [0.15, 0.2) is 59.0 Å². The summed E-state index contributed by atoms with van der Waals surface area (Å²) >= 11 is 9.30. The molecule has 0 spiro atoms. The van der Waals surface area contributed by atoms with E-state index in [2.05, 4.69) is 20.9 Å². The van der Waals surface area contributed by atoms with Crippen LogP contribution in [0.5, 0.6) is 0 Å². The first kappa shape index (κ1) is 52.0. The monoisotopic (exact) mass is 988 g/mol. The number of carbonyl (C=O) groups excluding carboxylic acids is 4. The van der Waals surface area contributed by atoms with E-state index in [0.717, 1.165) is 48.3 Å². The highest BCUT2D eigenvalue weighted by atomic mass is 35.5. The first-order chi connectivity index (χ1) is 32.2. The summed E-state index contributed by atoms with van der Waals surface area (Å²) in [4.78, 5) is 66.9. The van der Waals surface area contributed by atoms with Gasteiger partial charge in [0, 0.05) is 55.1 Å². The Hall–Kier alpha value is -5.37. The summed E-state index contributed by atoms with van der Waals surface area (Å²) in [6.07, 6.45) is -0.432. The SMILES string of the molecule is CC(N)=[N+]1C(=N)C(CC(=O)NCCOCCCOCC(=O)NC(C(=O)N2C[C@H](O)C[C@H]2C(=O)N[C@@H](C)c2ccc(-c3scnc3C)cc2)C(C)(C)C)N=C(c2ccc(Cl)cc2)c2c1sc(C)c2C. The number of amides is 4. The number of likely N-dealkylation sites (tertiary alicyclic amines) is 1. The second-order valence-electron chi connectivity index (χ2n) is 18.3. The minimum absolute atomic E-state index is 0.0370. The maximum absolute atomic E-state index is 14.1. The molecule has 7 N–H and O–H groups in total. The number of thiophene rings is 1. The number of nitrogens with zero attached hydrogens (tertiary/aromatic N) is 4. The van der Waals surface area contributed by atoms with Crippen molar-refractivity contribution in [2.24, 2.45) is 16.1 Å². The lowest BCUT2D eigenvalue weighted by Gasteiger charge is -2.35. The number of amidine groups is 2. The summed E-state index contributed by atoms with van der Waals surface area (Å²) in [5.74, 6) is -1.14. The van der Waals surface area contributed by atoms with Crippen LogP contribution in [-0.2, 0) is 28.7 Å². The Morgan fingerprint density at radius 2 is 1.68 bits per heavy atom. The third kappa shape index (κ3) is 12.6. The third-order valence-corrected chi connectivity index (χ3v) is 14.4. The van der Waals surface area contributed by atoms with E-state index in [-0.39, 0.29) is 69.4 Å². The quantitative estimate of drug-likeness (QED) is 0.0392. The molecule has 2 unspecified atom stereocenters. The molecule has 16 nitrogen and oxygen atoms in total. The van der Waals surface area contributed by atoms with Gasteiger partial charge in [0.25, 0.3) is 5.84 Å². The summed E-state index contributed by atoms with van der Waals surface area (Å²) in [5.41, 5.74) is 13.7. The van der Waals surface area contributed by atoms with Gasteiger partial charge in [-0.1, -0.05) is 68.8 Å². The third-order valence-electron chi connectivity index (χ3n) is 11.9. The molecule has 0 radical (unpaired) electrons. The molecular weight excluding hydrogens is 926 g/mol. The fourth-order valence-corrected chi connectivity index (χ4v) is 10.3. The van der Waals surface area contributed by atoms with Gasteiger partial charge >= 0.3 is 0 Å². The Bertz CT molecular complexity index is 2550. The fourth-order valence-electron chi connectivity index (χ4n) is 8.16. The number of hydrogen-bond acceptors (Lipinski definition) is 12. The number of nitrogens with one attached hydrogen (secondary N) is 4. The van der Waals surface area contributed by atoms with Gasteiger partial charge in [-0.05, 0) is 68.4 Å². The van der Waals surface area contributed by atoms with Crippen molar-refractivity contribution < 1.29 is 38.3 Å². The standard InChI is InChI=1S/C49H62ClN9O7S2/c1-27-30(4)68-48-41(27)42(33-14-16-35(50)17-15-33)56-37(45(52)59(48)31(5)51)23-39(61)53-18-21-65-19-9-20-66-25-40(62)57-44(49(6,7)8)47(64)58-24-36(60)22-38(58)46(63)55-28(2)32-10-12-34(13-11-32)43-29(3)54-26-67-43/h10-17,26,28,36-38,44,51-52,60H,9,18-25H2,1-8H3,(H3,53,55,57,61,62,63)/p+1/t28-,36+,37?,38-,44?/m0/s1. The molecule has 4 aromatic rings. The predicted octanol–water partition coefficient (Wildman–Crippen LogP) is 5.97. The summed E-state index contributed by atoms with van der Waals surface area (Å²) in [5, 5.41) is 29.8. The number of halogens is 1. The lowest BCUT2D eigenvalue weighted by molar-refractivity contribution is -0.309. The lowest BCUT2D eigenvalue weighted by atomic mass is 9.85. The number of nitrogens with two attached hydrogens (primary N) is 1. The van der Waals surface area contributed by atoms with Crippen molar-refractivity contribution in [2.75, 3.05) is 39.5 Å². The van der Waals surface area contributed by atoms with Gasteiger partial charge in [0.05, 0.1) is 52.5 Å². The first-order valence-electron chi connectivity index (χ1n) is 22.7. The van der Waals surface area contributed by atoms with Gasteiger partial charge in [0.1, 0.15) is 24.7 Å². The number of ether oxygens (including phenoxy) is 2. The van der Waals surface area contributed by atoms with Gasteiger partial charge in [-0.25, -0.2) is 4.98 Å². The van der Waals surface area contributed by atoms with Crippen molar-refractivity contribution in [1.29, 1.82) is 5.41 Å². The zero-order valence-corrected chi connectivity index (χ0v) is 42.3. The van der Waals surface area contributed by atoms with Gasteiger partial charge in [0.2, 0.25) is 23.6 Å². The lowest BCUT2D eigenvalue weighted by Crippen LogP contribution is -2.58. The van der Waals surface area contributed by atoms with Crippen molar-refractivity contribution in [3.8, 4) is 10.4 Å². The average molecular weight is 990 g/mol.